The van der Waals surface area contributed by atoms with Crippen LogP contribution >= 0.6 is 0 Å². The van der Waals surface area contributed by atoms with Crippen molar-refractivity contribution in [3.8, 4) is 11.1 Å². The number of fused-ring (bicyclic) bond motifs is 2. The third-order valence-electron chi connectivity index (χ3n) is 6.48. The maximum absolute atomic E-state index is 14.4. The van der Waals surface area contributed by atoms with Crippen molar-refractivity contribution in [3.05, 3.63) is 94.9 Å². The zero-order chi connectivity index (χ0) is 28.9. The maximum atomic E-state index is 14.4. The first-order valence-corrected chi connectivity index (χ1v) is 11.9. The molecule has 5 aromatic rings. The molecule has 3 aromatic heterocycles. The summed E-state index contributed by atoms with van der Waals surface area (Å²) in [6.07, 6.45) is 0.693. The number of halogens is 6. The van der Waals surface area contributed by atoms with Crippen LogP contribution in [0, 0.1) is 17.5 Å². The molecule has 0 fully saturated rings. The molecule has 0 unspecified atom stereocenters. The quantitative estimate of drug-likeness (QED) is 0.0823. The fraction of sp³-hybridized carbons (Fsp3) is 0.143. The molecule has 0 atom stereocenters. The summed E-state index contributed by atoms with van der Waals surface area (Å²) in [6.45, 7) is 2.01. The number of nitrogens with two attached hydrogens (primary N) is 1. The first kappa shape index (κ1) is 26.9. The van der Waals surface area contributed by atoms with Crippen molar-refractivity contribution in [2.45, 2.75) is 13.1 Å². The molecule has 2 N–H and O–H groups in total. The standard InChI is InChI=1S/C28H20F6N4O2/c1-3-40-8-6-14-11-22(27(39)15-9-19(29)24(31)20(30)10-15)38-7-4-5-16(26(14)38)23-18(28(32,33)34)12-21-17(25(23)35)13-36-37(21)2/h4-13H,3,35H2,1-2H3/b8-6+. The first-order chi connectivity index (χ1) is 18.9. The Morgan fingerprint density at radius 1 is 1.12 bits per heavy atom. The van der Waals surface area contributed by atoms with Crippen LogP contribution in [0.4, 0.5) is 32.0 Å². The molecule has 6 nitrogen and oxygen atoms in total. The van der Waals surface area contributed by atoms with Crippen LogP contribution in [0.3, 0.4) is 0 Å². The molecule has 0 saturated heterocycles. The lowest BCUT2D eigenvalue weighted by molar-refractivity contribution is -0.137. The topological polar surface area (TPSA) is 74.5 Å². The second-order valence-corrected chi connectivity index (χ2v) is 8.88. The maximum Gasteiger partial charge on any atom is 0.417 e. The fourth-order valence-electron chi connectivity index (χ4n) is 4.67. The SMILES string of the molecule is CCO/C=C/c1cc(C(=O)c2cc(F)c(F)c(F)c2)n2cccc(-c3c(C(F)(F)F)cc4c(cnn4C)c3N)c12. The normalized spacial score (nSPS) is 12.2. The molecule has 2 aromatic carbocycles. The Kier molecular flexibility index (Phi) is 6.56. The number of benzene rings is 2. The number of nitrogens with zero attached hydrogens (tertiary/aromatic N) is 3. The van der Waals surface area contributed by atoms with Crippen molar-refractivity contribution in [3.63, 3.8) is 0 Å². The number of rotatable bonds is 6. The molecule has 40 heavy (non-hydrogen) atoms. The Labute approximate surface area is 222 Å². The van der Waals surface area contributed by atoms with Crippen molar-refractivity contribution in [2.75, 3.05) is 12.3 Å². The smallest absolute Gasteiger partial charge is 0.417 e. The molecule has 5 rings (SSSR count). The zero-order valence-electron chi connectivity index (χ0n) is 21.0. The number of hydrogen-bond donors (Lipinski definition) is 1. The highest BCUT2D eigenvalue weighted by Gasteiger charge is 2.37. The van der Waals surface area contributed by atoms with E-state index >= 15 is 0 Å². The van der Waals surface area contributed by atoms with Crippen molar-refractivity contribution >= 4 is 34.0 Å². The van der Waals surface area contributed by atoms with Gasteiger partial charge in [0.2, 0.25) is 5.78 Å². The molecular weight excluding hydrogens is 538 g/mol. The minimum Gasteiger partial charge on any atom is -0.501 e. The van der Waals surface area contributed by atoms with Crippen LogP contribution in [0.15, 0.2) is 55.1 Å². The molecule has 206 valence electrons. The molecule has 0 saturated carbocycles. The van der Waals surface area contributed by atoms with E-state index in [1.807, 2.05) is 0 Å². The van der Waals surface area contributed by atoms with E-state index in [0.717, 1.165) is 6.07 Å². The van der Waals surface area contributed by atoms with Gasteiger partial charge in [0.25, 0.3) is 0 Å². The summed E-state index contributed by atoms with van der Waals surface area (Å²) >= 11 is 0. The van der Waals surface area contributed by atoms with Crippen LogP contribution in [-0.4, -0.2) is 26.6 Å². The Morgan fingerprint density at radius 3 is 2.48 bits per heavy atom. The van der Waals surface area contributed by atoms with Crippen molar-refractivity contribution in [1.82, 2.24) is 14.2 Å². The van der Waals surface area contributed by atoms with Gasteiger partial charge in [-0.2, -0.15) is 18.3 Å². The van der Waals surface area contributed by atoms with E-state index in [2.05, 4.69) is 5.10 Å². The number of carbonyl (C=O) groups excluding carboxylic acids is 1. The van der Waals surface area contributed by atoms with Gasteiger partial charge in [-0.15, -0.1) is 0 Å². The second kappa shape index (κ2) is 9.78. The van der Waals surface area contributed by atoms with Crippen LogP contribution < -0.4 is 5.73 Å². The van der Waals surface area contributed by atoms with Gasteiger partial charge in [0.15, 0.2) is 17.5 Å². The molecule has 0 aliphatic rings. The number of ketones is 1. The molecule has 0 amide bonds. The summed E-state index contributed by atoms with van der Waals surface area (Å²) in [4.78, 5) is 13.4. The van der Waals surface area contributed by atoms with Crippen LogP contribution in [0.1, 0.15) is 34.1 Å². The molecule has 12 heteroatoms. The number of carbonyl (C=O) groups is 1. The molecule has 3 heterocycles. The van der Waals surface area contributed by atoms with Gasteiger partial charge in [0.1, 0.15) is 0 Å². The Balaban J connectivity index is 1.84. The highest BCUT2D eigenvalue weighted by atomic mass is 19.4. The van der Waals surface area contributed by atoms with Gasteiger partial charge in [-0.25, -0.2) is 13.2 Å². The second-order valence-electron chi connectivity index (χ2n) is 8.88. The summed E-state index contributed by atoms with van der Waals surface area (Å²) < 4.78 is 92.4. The minimum atomic E-state index is -4.82. The Hall–Kier alpha value is -4.74. The van der Waals surface area contributed by atoms with E-state index in [1.54, 1.807) is 6.92 Å². The van der Waals surface area contributed by atoms with Crippen molar-refractivity contribution in [1.29, 1.82) is 0 Å². The molecule has 0 bridgehead atoms. The van der Waals surface area contributed by atoms with E-state index in [4.69, 9.17) is 10.5 Å². The van der Waals surface area contributed by atoms with Gasteiger partial charge in [-0.3, -0.25) is 9.48 Å². The summed E-state index contributed by atoms with van der Waals surface area (Å²) in [5, 5.41) is 4.32. The van der Waals surface area contributed by atoms with Crippen LogP contribution in [-0.2, 0) is 18.0 Å². The third kappa shape index (κ3) is 4.34. The van der Waals surface area contributed by atoms with Gasteiger partial charge in [0.05, 0.1) is 47.0 Å². The lowest BCUT2D eigenvalue weighted by Gasteiger charge is -2.18. The minimum absolute atomic E-state index is 0.0322. The predicted molar refractivity (Wildman–Crippen MR) is 137 cm³/mol. The van der Waals surface area contributed by atoms with Crippen LogP contribution in [0.5, 0.6) is 0 Å². The highest BCUT2D eigenvalue weighted by molar-refractivity contribution is 6.11. The van der Waals surface area contributed by atoms with E-state index in [9.17, 15) is 31.1 Å². The lowest BCUT2D eigenvalue weighted by atomic mass is 9.94. The van der Waals surface area contributed by atoms with Gasteiger partial charge in [0, 0.05) is 40.9 Å². The lowest BCUT2D eigenvalue weighted by Crippen LogP contribution is -2.11. The van der Waals surface area contributed by atoms with Gasteiger partial charge < -0.3 is 14.9 Å². The van der Waals surface area contributed by atoms with Crippen LogP contribution in [0.25, 0.3) is 33.6 Å². The van der Waals surface area contributed by atoms with Gasteiger partial charge in [-0.1, -0.05) is 6.07 Å². The molecule has 0 aliphatic heterocycles. The number of pyridine rings is 1. The zero-order valence-corrected chi connectivity index (χ0v) is 21.0. The number of hydrogen-bond acceptors (Lipinski definition) is 4. The molecular formula is C28H20F6N4O2. The molecule has 0 radical (unpaired) electrons. The predicted octanol–water partition coefficient (Wildman–Crippen LogP) is 6.75. The van der Waals surface area contributed by atoms with Gasteiger partial charge in [-0.05, 0) is 43.3 Å². The number of alkyl halides is 3. The molecule has 0 aliphatic carbocycles. The first-order valence-electron chi connectivity index (χ1n) is 11.9. The van der Waals surface area contributed by atoms with Crippen LogP contribution in [0.2, 0.25) is 0 Å². The van der Waals surface area contributed by atoms with E-state index in [1.165, 1.54) is 59.1 Å². The van der Waals surface area contributed by atoms with E-state index < -0.39 is 40.5 Å². The summed E-state index contributed by atoms with van der Waals surface area (Å²) in [5.74, 6) is -5.75. The van der Waals surface area contributed by atoms with E-state index in [0.29, 0.717) is 17.5 Å². The summed E-state index contributed by atoms with van der Waals surface area (Å²) in [5.41, 5.74) is 4.77. The number of ether oxygens (including phenoxy) is 1. The number of anilines is 1. The summed E-state index contributed by atoms with van der Waals surface area (Å²) in [7, 11) is 1.49. The Morgan fingerprint density at radius 2 is 1.82 bits per heavy atom. The number of aromatic nitrogens is 3. The Bertz CT molecular complexity index is 1810. The highest BCUT2D eigenvalue weighted by Crippen LogP contribution is 2.45. The van der Waals surface area contributed by atoms with E-state index in [-0.39, 0.29) is 45.7 Å². The van der Waals surface area contributed by atoms with Crippen molar-refractivity contribution < 1.29 is 35.9 Å². The third-order valence-corrected chi connectivity index (χ3v) is 6.48. The monoisotopic (exact) mass is 558 g/mol. The largest absolute Gasteiger partial charge is 0.501 e. The average Bonchev–Trinajstić information content (AvgIpc) is 3.47. The summed E-state index contributed by atoms with van der Waals surface area (Å²) in [6, 6.07) is 6.22. The van der Waals surface area contributed by atoms with Gasteiger partial charge >= 0.3 is 6.18 Å². The number of nitrogen functional groups attached to an aromatic ring is 1. The average molecular weight is 558 g/mol. The van der Waals surface area contributed by atoms with Crippen molar-refractivity contribution in [2.24, 2.45) is 7.05 Å². The fourth-order valence-corrected chi connectivity index (χ4v) is 4.67. The number of aryl methyl sites for hydroxylation is 1. The molecule has 0 spiro atoms.